The number of rotatable bonds is 5. The van der Waals surface area contributed by atoms with Crippen molar-refractivity contribution >= 4 is 10.2 Å². The smallest absolute Gasteiger partial charge is 0.276 e. The van der Waals surface area contributed by atoms with Crippen molar-refractivity contribution in [1.29, 1.82) is 0 Å². The standard InChI is InChI=1S/C7H13N3O3S/c1-6-5-7(10-13-6)3-4-9-14(11,12)8-2/h5,8-9H,3-4H2,1-2H3. The molecule has 0 fully saturated rings. The van der Waals surface area contributed by atoms with Gasteiger partial charge in [-0.05, 0) is 6.92 Å². The number of nitrogens with zero attached hydrogens (tertiary/aromatic N) is 1. The van der Waals surface area contributed by atoms with Gasteiger partial charge in [-0.1, -0.05) is 5.16 Å². The van der Waals surface area contributed by atoms with Gasteiger partial charge in [0.05, 0.1) is 5.69 Å². The quantitative estimate of drug-likeness (QED) is 0.704. The maximum absolute atomic E-state index is 10.9. The number of hydrogen-bond acceptors (Lipinski definition) is 4. The minimum absolute atomic E-state index is 0.301. The van der Waals surface area contributed by atoms with E-state index in [2.05, 4.69) is 14.6 Å². The molecule has 14 heavy (non-hydrogen) atoms. The molecule has 0 radical (unpaired) electrons. The fourth-order valence-electron chi connectivity index (χ4n) is 0.921. The van der Waals surface area contributed by atoms with Crippen LogP contribution >= 0.6 is 0 Å². The number of aromatic nitrogens is 1. The van der Waals surface area contributed by atoms with Gasteiger partial charge in [0.1, 0.15) is 5.76 Å². The van der Waals surface area contributed by atoms with Gasteiger partial charge in [-0.2, -0.15) is 8.42 Å². The van der Waals surface area contributed by atoms with Crippen LogP contribution in [0.4, 0.5) is 0 Å². The average molecular weight is 219 g/mol. The average Bonchev–Trinajstić information content (AvgIpc) is 2.51. The highest BCUT2D eigenvalue weighted by molar-refractivity contribution is 7.87. The largest absolute Gasteiger partial charge is 0.361 e. The molecule has 0 bridgehead atoms. The molecule has 0 aliphatic heterocycles. The molecule has 0 amide bonds. The van der Waals surface area contributed by atoms with Gasteiger partial charge >= 0.3 is 0 Å². The van der Waals surface area contributed by atoms with E-state index in [1.807, 2.05) is 0 Å². The molecular weight excluding hydrogens is 206 g/mol. The molecule has 6 nitrogen and oxygen atoms in total. The van der Waals surface area contributed by atoms with E-state index in [1.54, 1.807) is 13.0 Å². The SMILES string of the molecule is CNS(=O)(=O)NCCc1cc(C)on1. The highest BCUT2D eigenvalue weighted by Gasteiger charge is 2.05. The third-order valence-electron chi connectivity index (χ3n) is 1.62. The van der Waals surface area contributed by atoms with Gasteiger partial charge in [0.15, 0.2) is 0 Å². The van der Waals surface area contributed by atoms with Crippen molar-refractivity contribution in [2.75, 3.05) is 13.6 Å². The second-order valence-electron chi connectivity index (χ2n) is 2.78. The highest BCUT2D eigenvalue weighted by atomic mass is 32.2. The van der Waals surface area contributed by atoms with Crippen molar-refractivity contribution in [3.63, 3.8) is 0 Å². The Labute approximate surface area is 82.9 Å². The zero-order valence-electron chi connectivity index (χ0n) is 8.07. The summed E-state index contributed by atoms with van der Waals surface area (Å²) in [5.74, 6) is 0.719. The molecular formula is C7H13N3O3S. The van der Waals surface area contributed by atoms with E-state index in [0.29, 0.717) is 13.0 Å². The summed E-state index contributed by atoms with van der Waals surface area (Å²) < 4.78 is 31.2. The molecule has 1 aromatic heterocycles. The van der Waals surface area contributed by atoms with Gasteiger partial charge in [-0.15, -0.1) is 0 Å². The predicted octanol–water partition coefficient (Wildman–Crippen LogP) is -0.421. The maximum Gasteiger partial charge on any atom is 0.276 e. The normalized spacial score (nSPS) is 11.9. The van der Waals surface area contributed by atoms with Crippen LogP contribution in [0, 0.1) is 6.92 Å². The summed E-state index contributed by atoms with van der Waals surface area (Å²) in [5, 5.41) is 3.73. The molecule has 0 aliphatic rings. The second kappa shape index (κ2) is 4.54. The van der Waals surface area contributed by atoms with Crippen LogP contribution in [0.5, 0.6) is 0 Å². The molecule has 0 saturated heterocycles. The summed E-state index contributed by atoms with van der Waals surface area (Å²) in [7, 11) is -1.99. The van der Waals surface area contributed by atoms with Gasteiger partial charge in [0.25, 0.3) is 10.2 Å². The van der Waals surface area contributed by atoms with Crippen LogP contribution in [0.3, 0.4) is 0 Å². The van der Waals surface area contributed by atoms with E-state index in [-0.39, 0.29) is 0 Å². The van der Waals surface area contributed by atoms with Crippen LogP contribution in [-0.2, 0) is 16.6 Å². The topological polar surface area (TPSA) is 84.2 Å². The van der Waals surface area contributed by atoms with E-state index in [4.69, 9.17) is 4.52 Å². The Morgan fingerprint density at radius 1 is 1.57 bits per heavy atom. The molecule has 0 unspecified atom stereocenters. The van der Waals surface area contributed by atoms with Gasteiger partial charge in [-0.25, -0.2) is 9.44 Å². The zero-order valence-corrected chi connectivity index (χ0v) is 8.89. The van der Waals surface area contributed by atoms with Gasteiger partial charge < -0.3 is 4.52 Å². The molecule has 0 aromatic carbocycles. The first-order chi connectivity index (χ1) is 6.53. The van der Waals surface area contributed by atoms with E-state index >= 15 is 0 Å². The van der Waals surface area contributed by atoms with Gasteiger partial charge in [0, 0.05) is 26.1 Å². The molecule has 0 atom stereocenters. The maximum atomic E-state index is 10.9. The summed E-state index contributed by atoms with van der Waals surface area (Å²) in [5.41, 5.74) is 0.737. The monoisotopic (exact) mass is 219 g/mol. The molecule has 7 heteroatoms. The zero-order chi connectivity index (χ0) is 10.6. The Morgan fingerprint density at radius 2 is 2.29 bits per heavy atom. The highest BCUT2D eigenvalue weighted by Crippen LogP contribution is 2.01. The Bertz CT molecular complexity index is 385. The summed E-state index contributed by atoms with van der Waals surface area (Å²) >= 11 is 0. The fraction of sp³-hybridized carbons (Fsp3) is 0.571. The number of hydrogen-bond donors (Lipinski definition) is 2. The Hall–Kier alpha value is -0.920. The van der Waals surface area contributed by atoms with Crippen LogP contribution in [0.25, 0.3) is 0 Å². The number of nitrogens with one attached hydrogen (secondary N) is 2. The summed E-state index contributed by atoms with van der Waals surface area (Å²) in [4.78, 5) is 0. The lowest BCUT2D eigenvalue weighted by Crippen LogP contribution is -2.35. The van der Waals surface area contributed by atoms with Crippen molar-refractivity contribution in [3.05, 3.63) is 17.5 Å². The molecule has 1 heterocycles. The van der Waals surface area contributed by atoms with Crippen LogP contribution in [0.2, 0.25) is 0 Å². The Kier molecular flexibility index (Phi) is 3.62. The number of aryl methyl sites for hydroxylation is 1. The molecule has 1 rings (SSSR count). The predicted molar refractivity (Wildman–Crippen MR) is 50.9 cm³/mol. The first-order valence-corrected chi connectivity index (χ1v) is 5.62. The lowest BCUT2D eigenvalue weighted by Gasteiger charge is -2.02. The lowest BCUT2D eigenvalue weighted by atomic mass is 10.3. The van der Waals surface area contributed by atoms with E-state index < -0.39 is 10.2 Å². The first-order valence-electron chi connectivity index (χ1n) is 4.14. The van der Waals surface area contributed by atoms with E-state index in [0.717, 1.165) is 11.5 Å². The van der Waals surface area contributed by atoms with Crippen LogP contribution < -0.4 is 9.44 Å². The molecule has 1 aromatic rings. The minimum atomic E-state index is -3.34. The lowest BCUT2D eigenvalue weighted by molar-refractivity contribution is 0.390. The van der Waals surface area contributed by atoms with Gasteiger partial charge in [-0.3, -0.25) is 0 Å². The van der Waals surface area contributed by atoms with Crippen molar-refractivity contribution in [3.8, 4) is 0 Å². The third-order valence-corrected chi connectivity index (χ3v) is 2.74. The van der Waals surface area contributed by atoms with Crippen LogP contribution in [0.15, 0.2) is 10.6 Å². The molecule has 0 aliphatic carbocycles. The van der Waals surface area contributed by atoms with Crippen LogP contribution in [-0.4, -0.2) is 27.2 Å². The summed E-state index contributed by atoms with van der Waals surface area (Å²) in [6.07, 6.45) is 0.512. The summed E-state index contributed by atoms with van der Waals surface area (Å²) in [6, 6.07) is 1.77. The van der Waals surface area contributed by atoms with Crippen molar-refractivity contribution < 1.29 is 12.9 Å². The Balaban J connectivity index is 2.36. The minimum Gasteiger partial charge on any atom is -0.361 e. The molecule has 80 valence electrons. The second-order valence-corrected chi connectivity index (χ2v) is 4.48. The molecule has 2 N–H and O–H groups in total. The molecule has 0 saturated carbocycles. The fourth-order valence-corrected chi connectivity index (χ4v) is 1.44. The van der Waals surface area contributed by atoms with Crippen molar-refractivity contribution in [2.45, 2.75) is 13.3 Å². The molecule has 0 spiro atoms. The third kappa shape index (κ3) is 3.44. The first kappa shape index (κ1) is 11.2. The van der Waals surface area contributed by atoms with E-state index in [9.17, 15) is 8.42 Å². The summed E-state index contributed by atoms with van der Waals surface area (Å²) in [6.45, 7) is 2.09. The van der Waals surface area contributed by atoms with Crippen molar-refractivity contribution in [2.24, 2.45) is 0 Å². The van der Waals surface area contributed by atoms with Crippen molar-refractivity contribution in [1.82, 2.24) is 14.6 Å². The van der Waals surface area contributed by atoms with E-state index in [1.165, 1.54) is 7.05 Å². The van der Waals surface area contributed by atoms with Crippen LogP contribution in [0.1, 0.15) is 11.5 Å². The van der Waals surface area contributed by atoms with Gasteiger partial charge in [0.2, 0.25) is 0 Å². The Morgan fingerprint density at radius 3 is 2.79 bits per heavy atom.